The second kappa shape index (κ2) is 11.1. The Kier molecular flexibility index (Phi) is 6.17. The molecular weight excluding hydrogens is 635 g/mol. The molecule has 0 saturated carbocycles. The van der Waals surface area contributed by atoms with Crippen LogP contribution in [0.25, 0.3) is 55.0 Å². The van der Waals surface area contributed by atoms with Crippen molar-refractivity contribution in [2.24, 2.45) is 0 Å². The Morgan fingerprint density at radius 1 is 0.385 bits per heavy atom. The van der Waals surface area contributed by atoms with Crippen molar-refractivity contribution in [2.75, 3.05) is 4.90 Å². The number of rotatable bonds is 5. The molecule has 1 aliphatic rings. The van der Waals surface area contributed by atoms with E-state index in [1.165, 1.54) is 27.8 Å². The van der Waals surface area contributed by atoms with Crippen LogP contribution in [0.2, 0.25) is 0 Å². The topological polar surface area (TPSA) is 29.5 Å². The van der Waals surface area contributed by atoms with Gasteiger partial charge in [0.15, 0.2) is 0 Å². The first-order valence-electron chi connectivity index (χ1n) is 17.8. The maximum absolute atomic E-state index is 7.13. The molecular formula is C49H31NO2. The fraction of sp³-hybridized carbons (Fsp3) is 0.0204. The van der Waals surface area contributed by atoms with Crippen LogP contribution in [0.3, 0.4) is 0 Å². The van der Waals surface area contributed by atoms with Gasteiger partial charge in [-0.3, -0.25) is 0 Å². The fourth-order valence-corrected chi connectivity index (χ4v) is 8.85. The first-order valence-corrected chi connectivity index (χ1v) is 17.8. The molecule has 0 N–H and O–H groups in total. The van der Waals surface area contributed by atoms with E-state index in [0.29, 0.717) is 0 Å². The number of hydrogen-bond donors (Lipinski definition) is 0. The highest BCUT2D eigenvalue weighted by molar-refractivity contribution is 6.14. The highest BCUT2D eigenvalue weighted by Gasteiger charge is 2.47. The van der Waals surface area contributed by atoms with Gasteiger partial charge in [-0.1, -0.05) is 140 Å². The van der Waals surface area contributed by atoms with E-state index in [-0.39, 0.29) is 0 Å². The third-order valence-electron chi connectivity index (χ3n) is 10.9. The molecule has 3 nitrogen and oxygen atoms in total. The van der Waals surface area contributed by atoms with E-state index < -0.39 is 5.41 Å². The standard InChI is InChI=1S/C49H31NO2/c1-3-15-32(16-4-1)49(40-23-10-7-19-35(40)36-20-8-11-24-41(36)49)42-25-13-22-38-37-30-29-34(31-46(37)52-48(38)42)50(33-17-5-2-6-18-33)43-26-14-28-45-47(43)39-21-9-12-27-44(39)51-45/h1-31H. The summed E-state index contributed by atoms with van der Waals surface area (Å²) in [6.07, 6.45) is 0. The molecule has 0 unspecified atom stereocenters. The van der Waals surface area contributed by atoms with E-state index in [9.17, 15) is 0 Å². The van der Waals surface area contributed by atoms with Crippen LogP contribution < -0.4 is 4.90 Å². The van der Waals surface area contributed by atoms with E-state index in [2.05, 4.69) is 175 Å². The van der Waals surface area contributed by atoms with Gasteiger partial charge in [-0.05, 0) is 70.3 Å². The van der Waals surface area contributed by atoms with Crippen molar-refractivity contribution < 1.29 is 8.83 Å². The van der Waals surface area contributed by atoms with Crippen LogP contribution in [0.4, 0.5) is 17.1 Å². The molecule has 0 fully saturated rings. The largest absolute Gasteiger partial charge is 0.456 e. The molecule has 0 amide bonds. The lowest BCUT2D eigenvalue weighted by Gasteiger charge is -2.33. The van der Waals surface area contributed by atoms with Gasteiger partial charge < -0.3 is 13.7 Å². The number of nitrogens with zero attached hydrogens (tertiary/aromatic N) is 1. The molecule has 0 aliphatic heterocycles. The monoisotopic (exact) mass is 665 g/mol. The normalized spacial score (nSPS) is 13.2. The first kappa shape index (κ1) is 28.9. The van der Waals surface area contributed by atoms with Crippen LogP contribution in [0.15, 0.2) is 197 Å². The first-order chi connectivity index (χ1) is 25.8. The molecule has 3 heteroatoms. The minimum Gasteiger partial charge on any atom is -0.456 e. The summed E-state index contributed by atoms with van der Waals surface area (Å²) < 4.78 is 13.5. The Morgan fingerprint density at radius 2 is 1.00 bits per heavy atom. The minimum atomic E-state index is -0.557. The van der Waals surface area contributed by atoms with Crippen LogP contribution in [0, 0.1) is 0 Å². The molecule has 2 aromatic heterocycles. The van der Waals surface area contributed by atoms with Crippen LogP contribution >= 0.6 is 0 Å². The maximum atomic E-state index is 7.13. The van der Waals surface area contributed by atoms with Gasteiger partial charge in [0.05, 0.1) is 16.5 Å². The third-order valence-corrected chi connectivity index (χ3v) is 10.9. The summed E-state index contributed by atoms with van der Waals surface area (Å²) in [4.78, 5) is 2.31. The Balaban J connectivity index is 1.18. The number of hydrogen-bond acceptors (Lipinski definition) is 3. The van der Waals surface area contributed by atoms with E-state index in [1.54, 1.807) is 0 Å². The highest BCUT2D eigenvalue weighted by atomic mass is 16.3. The number of furan rings is 2. The van der Waals surface area contributed by atoms with E-state index in [0.717, 1.165) is 66.5 Å². The summed E-state index contributed by atoms with van der Waals surface area (Å²) in [6.45, 7) is 0. The van der Waals surface area contributed by atoms with Crippen molar-refractivity contribution in [2.45, 2.75) is 5.41 Å². The Hall–Kier alpha value is -6.84. The predicted molar refractivity (Wildman–Crippen MR) is 213 cm³/mol. The molecule has 8 aromatic carbocycles. The van der Waals surface area contributed by atoms with Crippen molar-refractivity contribution in [3.05, 3.63) is 210 Å². The number of para-hydroxylation sites is 3. The minimum absolute atomic E-state index is 0.557. The zero-order valence-corrected chi connectivity index (χ0v) is 28.2. The van der Waals surface area contributed by atoms with Gasteiger partial charge in [0.25, 0.3) is 0 Å². The molecule has 0 radical (unpaired) electrons. The zero-order valence-electron chi connectivity index (χ0n) is 28.2. The summed E-state index contributed by atoms with van der Waals surface area (Å²) in [5.41, 5.74) is 13.4. The van der Waals surface area contributed by atoms with Gasteiger partial charge in [-0.15, -0.1) is 0 Å². The van der Waals surface area contributed by atoms with Crippen molar-refractivity contribution >= 4 is 60.9 Å². The Morgan fingerprint density at radius 3 is 1.79 bits per heavy atom. The molecule has 0 atom stereocenters. The number of benzene rings is 8. The van der Waals surface area contributed by atoms with Crippen molar-refractivity contribution in [3.8, 4) is 11.1 Å². The second-order valence-corrected chi connectivity index (χ2v) is 13.6. The molecule has 244 valence electrons. The van der Waals surface area contributed by atoms with Gasteiger partial charge in [0.2, 0.25) is 0 Å². The summed E-state index contributed by atoms with van der Waals surface area (Å²) in [7, 11) is 0. The van der Waals surface area contributed by atoms with Gasteiger partial charge in [0, 0.05) is 39.2 Å². The van der Waals surface area contributed by atoms with Crippen molar-refractivity contribution in [1.29, 1.82) is 0 Å². The molecule has 0 spiro atoms. The van der Waals surface area contributed by atoms with Crippen molar-refractivity contribution in [3.63, 3.8) is 0 Å². The second-order valence-electron chi connectivity index (χ2n) is 13.6. The van der Waals surface area contributed by atoms with Crippen LogP contribution in [-0.2, 0) is 5.41 Å². The molecule has 0 saturated heterocycles. The number of anilines is 3. The fourth-order valence-electron chi connectivity index (χ4n) is 8.85. The lowest BCUT2D eigenvalue weighted by molar-refractivity contribution is 0.648. The van der Waals surface area contributed by atoms with Gasteiger partial charge in [0.1, 0.15) is 22.3 Å². The molecule has 11 rings (SSSR count). The Labute approximate surface area is 300 Å². The zero-order chi connectivity index (χ0) is 34.2. The smallest absolute Gasteiger partial charge is 0.140 e. The van der Waals surface area contributed by atoms with Gasteiger partial charge >= 0.3 is 0 Å². The molecule has 2 heterocycles. The SMILES string of the molecule is c1ccc(N(c2ccc3c(c2)oc2c(C4(c5ccccc5)c5ccccc5-c5ccccc54)cccc23)c2cccc3oc4ccccc4c23)cc1. The quantitative estimate of drug-likeness (QED) is 0.183. The average molecular weight is 666 g/mol. The molecule has 10 aromatic rings. The molecule has 0 bridgehead atoms. The van der Waals surface area contributed by atoms with Crippen LogP contribution in [0.1, 0.15) is 22.3 Å². The number of fused-ring (bicyclic) bond motifs is 9. The van der Waals surface area contributed by atoms with Crippen LogP contribution in [0.5, 0.6) is 0 Å². The van der Waals surface area contributed by atoms with E-state index in [4.69, 9.17) is 8.83 Å². The average Bonchev–Trinajstić information content (AvgIpc) is 3.87. The van der Waals surface area contributed by atoms with E-state index >= 15 is 0 Å². The Bertz CT molecular complexity index is 2930. The predicted octanol–water partition coefficient (Wildman–Crippen LogP) is 13.3. The van der Waals surface area contributed by atoms with Crippen molar-refractivity contribution in [1.82, 2.24) is 0 Å². The lowest BCUT2D eigenvalue weighted by atomic mass is 9.67. The van der Waals surface area contributed by atoms with E-state index in [1.807, 2.05) is 18.2 Å². The van der Waals surface area contributed by atoms with Crippen LogP contribution in [-0.4, -0.2) is 0 Å². The lowest BCUT2D eigenvalue weighted by Crippen LogP contribution is -2.28. The summed E-state index contributed by atoms with van der Waals surface area (Å²) >= 11 is 0. The third kappa shape index (κ3) is 3.96. The molecule has 52 heavy (non-hydrogen) atoms. The summed E-state index contributed by atoms with van der Waals surface area (Å²) in [5, 5.41) is 4.36. The summed E-state index contributed by atoms with van der Waals surface area (Å²) in [5.74, 6) is 0. The highest BCUT2D eigenvalue weighted by Crippen LogP contribution is 2.57. The van der Waals surface area contributed by atoms with Gasteiger partial charge in [-0.2, -0.15) is 0 Å². The van der Waals surface area contributed by atoms with Gasteiger partial charge in [-0.25, -0.2) is 0 Å². The maximum Gasteiger partial charge on any atom is 0.140 e. The molecule has 1 aliphatic carbocycles. The summed E-state index contributed by atoms with van der Waals surface area (Å²) in [6, 6.07) is 67.0.